The molecule has 0 aliphatic rings. The van der Waals surface area contributed by atoms with Gasteiger partial charge in [-0.2, -0.15) is 0 Å². The van der Waals surface area contributed by atoms with E-state index in [9.17, 15) is 4.79 Å². The molecule has 1 aromatic carbocycles. The maximum atomic E-state index is 11.2. The van der Waals surface area contributed by atoms with Crippen molar-refractivity contribution in [3.8, 4) is 0 Å². The molecule has 16 heavy (non-hydrogen) atoms. The first-order valence-electron chi connectivity index (χ1n) is 5.50. The Kier molecular flexibility index (Phi) is 4.64. The lowest BCUT2D eigenvalue weighted by molar-refractivity contribution is -0.120. The van der Waals surface area contributed by atoms with Crippen LogP contribution in [0.1, 0.15) is 18.9 Å². The highest BCUT2D eigenvalue weighted by Gasteiger charge is 1.99. The van der Waals surface area contributed by atoms with Crippen LogP contribution in [0.25, 0.3) is 0 Å². The van der Waals surface area contributed by atoms with Gasteiger partial charge in [0.05, 0.1) is 0 Å². The number of nitrogen functional groups attached to an aromatic ring is 1. The number of carbonyl (C=O) groups is 1. The van der Waals surface area contributed by atoms with Gasteiger partial charge in [0.25, 0.3) is 0 Å². The molecule has 0 atom stereocenters. The molecule has 0 aromatic heterocycles. The van der Waals surface area contributed by atoms with E-state index < -0.39 is 0 Å². The van der Waals surface area contributed by atoms with E-state index in [0.29, 0.717) is 19.5 Å². The minimum Gasteiger partial charge on any atom is -0.399 e. The predicted octanol–water partition coefficient (Wildman–Crippen LogP) is 1.52. The topological polar surface area (TPSA) is 67.2 Å². The van der Waals surface area contributed by atoms with E-state index in [1.807, 2.05) is 32.0 Å². The van der Waals surface area contributed by atoms with Gasteiger partial charge in [-0.05, 0) is 37.6 Å². The molecule has 0 aliphatic carbocycles. The van der Waals surface area contributed by atoms with Crippen LogP contribution in [0.2, 0.25) is 0 Å². The summed E-state index contributed by atoms with van der Waals surface area (Å²) in [4.78, 5) is 11.2. The van der Waals surface area contributed by atoms with Gasteiger partial charge in [-0.25, -0.2) is 0 Å². The van der Waals surface area contributed by atoms with Crippen LogP contribution in [0.4, 0.5) is 11.4 Å². The normalized spacial score (nSPS) is 9.88. The quantitative estimate of drug-likeness (QED) is 0.660. The average molecular weight is 221 g/mol. The lowest BCUT2D eigenvalue weighted by atomic mass is 10.2. The summed E-state index contributed by atoms with van der Waals surface area (Å²) < 4.78 is 0. The van der Waals surface area contributed by atoms with Crippen LogP contribution in [0, 0.1) is 6.92 Å². The molecule has 0 aliphatic heterocycles. The number of anilines is 2. The Hall–Kier alpha value is -1.71. The van der Waals surface area contributed by atoms with Crippen LogP contribution in [-0.2, 0) is 4.79 Å². The Morgan fingerprint density at radius 2 is 2.19 bits per heavy atom. The monoisotopic (exact) mass is 221 g/mol. The Labute approximate surface area is 96.2 Å². The molecule has 0 spiro atoms. The first-order valence-corrected chi connectivity index (χ1v) is 5.50. The Balaban J connectivity index is 2.37. The zero-order chi connectivity index (χ0) is 12.0. The fourth-order valence-electron chi connectivity index (χ4n) is 1.39. The van der Waals surface area contributed by atoms with E-state index in [1.165, 1.54) is 0 Å². The molecule has 0 heterocycles. The van der Waals surface area contributed by atoms with Gasteiger partial charge in [0, 0.05) is 30.9 Å². The number of benzene rings is 1. The molecule has 1 amide bonds. The Morgan fingerprint density at radius 1 is 1.44 bits per heavy atom. The van der Waals surface area contributed by atoms with Crippen molar-refractivity contribution in [1.29, 1.82) is 0 Å². The van der Waals surface area contributed by atoms with Crippen LogP contribution in [0.15, 0.2) is 18.2 Å². The summed E-state index contributed by atoms with van der Waals surface area (Å²) in [5, 5.41) is 5.94. The van der Waals surface area contributed by atoms with Gasteiger partial charge >= 0.3 is 0 Å². The molecule has 1 rings (SSSR count). The molecule has 0 unspecified atom stereocenters. The van der Waals surface area contributed by atoms with Crippen molar-refractivity contribution in [2.75, 3.05) is 24.1 Å². The lowest BCUT2D eigenvalue weighted by Crippen LogP contribution is -2.24. The van der Waals surface area contributed by atoms with Gasteiger partial charge in [0.2, 0.25) is 5.91 Å². The lowest BCUT2D eigenvalue weighted by Gasteiger charge is -2.08. The van der Waals surface area contributed by atoms with Crippen molar-refractivity contribution < 1.29 is 4.79 Å². The summed E-state index contributed by atoms with van der Waals surface area (Å²) in [7, 11) is 0. The molecule has 4 nitrogen and oxygen atoms in total. The fraction of sp³-hybridized carbons (Fsp3) is 0.417. The smallest absolute Gasteiger partial charge is 0.221 e. The molecule has 0 radical (unpaired) electrons. The zero-order valence-electron chi connectivity index (χ0n) is 9.84. The maximum Gasteiger partial charge on any atom is 0.221 e. The summed E-state index contributed by atoms with van der Waals surface area (Å²) in [5.74, 6) is 0.0715. The highest BCUT2D eigenvalue weighted by molar-refractivity contribution is 5.76. The second kappa shape index (κ2) is 6.00. The molecule has 1 aromatic rings. The average Bonchev–Trinajstić information content (AvgIpc) is 2.24. The highest BCUT2D eigenvalue weighted by Crippen LogP contribution is 2.16. The molecule has 0 bridgehead atoms. The number of hydrogen-bond acceptors (Lipinski definition) is 3. The van der Waals surface area contributed by atoms with Crippen LogP contribution >= 0.6 is 0 Å². The minimum atomic E-state index is 0.0715. The third-order valence-corrected chi connectivity index (χ3v) is 2.32. The van der Waals surface area contributed by atoms with E-state index in [4.69, 9.17) is 5.73 Å². The summed E-state index contributed by atoms with van der Waals surface area (Å²) in [5.41, 5.74) is 8.54. The van der Waals surface area contributed by atoms with Gasteiger partial charge in [-0.3, -0.25) is 4.79 Å². The number of hydrogen-bond donors (Lipinski definition) is 3. The van der Waals surface area contributed by atoms with Gasteiger partial charge < -0.3 is 16.4 Å². The first-order chi connectivity index (χ1) is 7.63. The van der Waals surface area contributed by atoms with Crippen molar-refractivity contribution in [3.63, 3.8) is 0 Å². The molecule has 4 N–H and O–H groups in total. The van der Waals surface area contributed by atoms with Crippen molar-refractivity contribution in [2.24, 2.45) is 0 Å². The van der Waals surface area contributed by atoms with E-state index >= 15 is 0 Å². The fourth-order valence-corrected chi connectivity index (χ4v) is 1.39. The first kappa shape index (κ1) is 12.4. The summed E-state index contributed by atoms with van der Waals surface area (Å²) in [6.07, 6.45) is 0.483. The van der Waals surface area contributed by atoms with E-state index in [-0.39, 0.29) is 5.91 Å². The summed E-state index contributed by atoms with van der Waals surface area (Å²) in [6, 6.07) is 5.76. The molecule has 0 saturated carbocycles. The van der Waals surface area contributed by atoms with Crippen LogP contribution in [-0.4, -0.2) is 19.0 Å². The van der Waals surface area contributed by atoms with E-state index in [0.717, 1.165) is 16.9 Å². The number of nitrogens with one attached hydrogen (secondary N) is 2. The largest absolute Gasteiger partial charge is 0.399 e. The molecule has 88 valence electrons. The van der Waals surface area contributed by atoms with Crippen molar-refractivity contribution >= 4 is 17.3 Å². The van der Waals surface area contributed by atoms with Crippen molar-refractivity contribution in [3.05, 3.63) is 23.8 Å². The number of rotatable bonds is 5. The van der Waals surface area contributed by atoms with Crippen LogP contribution in [0.5, 0.6) is 0 Å². The molecular formula is C12H19N3O. The van der Waals surface area contributed by atoms with Crippen molar-refractivity contribution in [2.45, 2.75) is 20.3 Å². The minimum absolute atomic E-state index is 0.0715. The molecule has 0 fully saturated rings. The van der Waals surface area contributed by atoms with E-state index in [1.54, 1.807) is 0 Å². The molecule has 0 saturated heterocycles. The maximum absolute atomic E-state index is 11.2. The van der Waals surface area contributed by atoms with Crippen LogP contribution in [0.3, 0.4) is 0 Å². The van der Waals surface area contributed by atoms with Gasteiger partial charge in [0.15, 0.2) is 0 Å². The van der Waals surface area contributed by atoms with Gasteiger partial charge in [-0.1, -0.05) is 0 Å². The zero-order valence-corrected chi connectivity index (χ0v) is 9.84. The number of carbonyl (C=O) groups excluding carboxylic acids is 1. The SMILES string of the molecule is CCNC(=O)CCNc1ccc(N)c(C)c1. The number of aryl methyl sites for hydroxylation is 1. The predicted molar refractivity (Wildman–Crippen MR) is 67.4 cm³/mol. The Morgan fingerprint density at radius 3 is 2.81 bits per heavy atom. The standard InChI is InChI=1S/C12H19N3O/c1-3-14-12(16)6-7-15-10-4-5-11(13)9(2)8-10/h4-5,8,15H,3,6-7,13H2,1-2H3,(H,14,16). The Bertz CT molecular complexity index is 363. The van der Waals surface area contributed by atoms with Gasteiger partial charge in [-0.15, -0.1) is 0 Å². The highest BCUT2D eigenvalue weighted by atomic mass is 16.1. The van der Waals surface area contributed by atoms with Gasteiger partial charge in [0.1, 0.15) is 0 Å². The number of amides is 1. The molecular weight excluding hydrogens is 202 g/mol. The molecule has 4 heteroatoms. The summed E-state index contributed by atoms with van der Waals surface area (Å²) in [6.45, 7) is 5.19. The number of nitrogens with two attached hydrogens (primary N) is 1. The van der Waals surface area contributed by atoms with Crippen LogP contribution < -0.4 is 16.4 Å². The van der Waals surface area contributed by atoms with E-state index in [2.05, 4.69) is 10.6 Å². The third-order valence-electron chi connectivity index (χ3n) is 2.32. The third kappa shape index (κ3) is 3.81. The summed E-state index contributed by atoms with van der Waals surface area (Å²) >= 11 is 0. The second-order valence-electron chi connectivity index (χ2n) is 3.70. The van der Waals surface area contributed by atoms with Crippen molar-refractivity contribution in [1.82, 2.24) is 5.32 Å². The second-order valence-corrected chi connectivity index (χ2v) is 3.70.